The van der Waals surface area contributed by atoms with E-state index in [0.717, 1.165) is 22.0 Å². The van der Waals surface area contributed by atoms with Gasteiger partial charge in [-0.05, 0) is 41.3 Å². The number of carbonyl (C=O) groups is 2. The monoisotopic (exact) mass is 494 g/mol. The molecule has 6 heteroatoms. The zero-order valence-corrected chi connectivity index (χ0v) is 21.6. The molecular formula is C31H30N2O4. The van der Waals surface area contributed by atoms with Crippen LogP contribution in [0.1, 0.15) is 43.5 Å². The number of nitrogens with zero attached hydrogens (tertiary/aromatic N) is 2. The van der Waals surface area contributed by atoms with Gasteiger partial charge in [-0.25, -0.2) is 0 Å². The number of Topliss-reactive ketones (excluding diaryl/α,β-unsaturated/α-hetero) is 1. The number of amides is 1. The molecule has 3 aromatic carbocycles. The van der Waals surface area contributed by atoms with Gasteiger partial charge < -0.3 is 14.4 Å². The van der Waals surface area contributed by atoms with Crippen molar-refractivity contribution in [3.05, 3.63) is 101 Å². The Morgan fingerprint density at radius 1 is 0.946 bits per heavy atom. The van der Waals surface area contributed by atoms with Crippen molar-refractivity contribution in [2.45, 2.75) is 32.2 Å². The van der Waals surface area contributed by atoms with Crippen LogP contribution in [0.15, 0.2) is 84.6 Å². The summed E-state index contributed by atoms with van der Waals surface area (Å²) in [5, 5.41) is 12.7. The van der Waals surface area contributed by atoms with Gasteiger partial charge in [-0.15, -0.1) is 0 Å². The Labute approximate surface area is 216 Å². The molecule has 1 aliphatic heterocycles. The van der Waals surface area contributed by atoms with Gasteiger partial charge in [0.15, 0.2) is 0 Å². The van der Waals surface area contributed by atoms with Crippen molar-refractivity contribution in [2.24, 2.45) is 7.05 Å². The first-order valence-electron chi connectivity index (χ1n) is 12.2. The number of aromatic nitrogens is 1. The smallest absolute Gasteiger partial charge is 0.300 e. The number of benzene rings is 3. The highest BCUT2D eigenvalue weighted by Gasteiger charge is 2.48. The van der Waals surface area contributed by atoms with Crippen LogP contribution in [0.4, 0.5) is 5.69 Å². The van der Waals surface area contributed by atoms with E-state index < -0.39 is 17.7 Å². The number of anilines is 1. The maximum absolute atomic E-state index is 13.7. The van der Waals surface area contributed by atoms with Crippen LogP contribution < -0.4 is 9.64 Å². The summed E-state index contributed by atoms with van der Waals surface area (Å²) in [7, 11) is 3.45. The third-order valence-corrected chi connectivity index (χ3v) is 7.02. The lowest BCUT2D eigenvalue weighted by molar-refractivity contribution is -0.132. The van der Waals surface area contributed by atoms with E-state index >= 15 is 0 Å². The third-order valence-electron chi connectivity index (χ3n) is 7.02. The van der Waals surface area contributed by atoms with Crippen molar-refractivity contribution in [3.63, 3.8) is 0 Å². The van der Waals surface area contributed by atoms with E-state index in [0.29, 0.717) is 17.0 Å². The largest absolute Gasteiger partial charge is 0.507 e. The second-order valence-corrected chi connectivity index (χ2v) is 10.4. The molecule has 1 amide bonds. The van der Waals surface area contributed by atoms with Crippen LogP contribution in [-0.4, -0.2) is 28.5 Å². The lowest BCUT2D eigenvalue weighted by atomic mass is 9.85. The fraction of sp³-hybridized carbons (Fsp3) is 0.226. The summed E-state index contributed by atoms with van der Waals surface area (Å²) in [5.74, 6) is -1.25. The standard InChI is InChI=1S/C31H30N2O4/c1-31(2,3)19-15-16-25(37-5)22(17-19)28(34)26-27(23-18-32(4)24-14-10-9-13-21(23)24)33(30(36)29(26)35)20-11-7-6-8-12-20/h6-18,27,34H,1-5H3/b28-26+. The normalized spacial score (nSPS) is 17.5. The van der Waals surface area contributed by atoms with Gasteiger partial charge in [-0.2, -0.15) is 0 Å². The van der Waals surface area contributed by atoms with Crippen molar-refractivity contribution in [1.29, 1.82) is 0 Å². The minimum atomic E-state index is -0.823. The minimum Gasteiger partial charge on any atom is -0.507 e. The van der Waals surface area contributed by atoms with E-state index in [1.54, 1.807) is 18.2 Å². The molecule has 1 N–H and O–H groups in total. The van der Waals surface area contributed by atoms with Gasteiger partial charge in [-0.1, -0.05) is 63.2 Å². The molecule has 1 unspecified atom stereocenters. The Balaban J connectivity index is 1.83. The predicted octanol–water partition coefficient (Wildman–Crippen LogP) is 6.11. The quantitative estimate of drug-likeness (QED) is 0.211. The summed E-state index contributed by atoms with van der Waals surface area (Å²) >= 11 is 0. The van der Waals surface area contributed by atoms with Crippen molar-refractivity contribution < 1.29 is 19.4 Å². The van der Waals surface area contributed by atoms with Crippen LogP contribution in [0.25, 0.3) is 16.7 Å². The molecule has 0 spiro atoms. The average molecular weight is 495 g/mol. The number of aryl methyl sites for hydroxylation is 1. The van der Waals surface area contributed by atoms with Gasteiger partial charge in [0, 0.05) is 35.4 Å². The molecule has 2 heterocycles. The van der Waals surface area contributed by atoms with Gasteiger partial charge in [0.2, 0.25) is 0 Å². The van der Waals surface area contributed by atoms with Crippen LogP contribution in [-0.2, 0) is 22.1 Å². The number of ether oxygens (including phenoxy) is 1. The molecule has 1 aromatic heterocycles. The molecule has 5 rings (SSSR count). The minimum absolute atomic E-state index is 0.0366. The molecule has 188 valence electrons. The number of methoxy groups -OCH3 is 1. The number of para-hydroxylation sites is 2. The molecule has 0 radical (unpaired) electrons. The van der Waals surface area contributed by atoms with E-state index in [9.17, 15) is 14.7 Å². The molecule has 1 atom stereocenters. The first-order chi connectivity index (χ1) is 17.6. The summed E-state index contributed by atoms with van der Waals surface area (Å²) < 4.78 is 7.54. The first kappa shape index (κ1) is 24.4. The number of hydrogen-bond donors (Lipinski definition) is 1. The highest BCUT2D eigenvalue weighted by atomic mass is 16.5. The van der Waals surface area contributed by atoms with Crippen molar-refractivity contribution in [3.8, 4) is 5.75 Å². The predicted molar refractivity (Wildman–Crippen MR) is 146 cm³/mol. The van der Waals surface area contributed by atoms with Gasteiger partial charge in [0.05, 0.1) is 24.3 Å². The molecule has 6 nitrogen and oxygen atoms in total. The highest BCUT2D eigenvalue weighted by molar-refractivity contribution is 6.52. The molecule has 0 bridgehead atoms. The second kappa shape index (κ2) is 8.96. The van der Waals surface area contributed by atoms with E-state index in [1.807, 2.05) is 72.4 Å². The number of aliphatic hydroxyl groups is 1. The Kier molecular flexibility index (Phi) is 5.91. The van der Waals surface area contributed by atoms with Crippen LogP contribution in [0.3, 0.4) is 0 Å². The van der Waals surface area contributed by atoms with E-state index in [-0.39, 0.29) is 16.7 Å². The molecule has 0 aliphatic carbocycles. The van der Waals surface area contributed by atoms with Gasteiger partial charge in [0.25, 0.3) is 11.7 Å². The molecule has 37 heavy (non-hydrogen) atoms. The lowest BCUT2D eigenvalue weighted by Gasteiger charge is -2.25. The van der Waals surface area contributed by atoms with Crippen LogP contribution in [0.5, 0.6) is 5.75 Å². The Hall–Kier alpha value is -4.32. The Morgan fingerprint density at radius 2 is 1.62 bits per heavy atom. The number of carbonyl (C=O) groups excluding carboxylic acids is 2. The van der Waals surface area contributed by atoms with Gasteiger partial charge in [-0.3, -0.25) is 14.5 Å². The van der Waals surface area contributed by atoms with Crippen molar-refractivity contribution in [1.82, 2.24) is 4.57 Å². The lowest BCUT2D eigenvalue weighted by Crippen LogP contribution is -2.29. The third kappa shape index (κ3) is 3.99. The van der Waals surface area contributed by atoms with Crippen molar-refractivity contribution >= 4 is 34.0 Å². The molecule has 1 saturated heterocycles. The summed E-state index contributed by atoms with van der Waals surface area (Å²) in [6.07, 6.45) is 1.92. The SMILES string of the molecule is COc1ccc(C(C)(C)C)cc1/C(O)=C1\C(=O)C(=O)N(c2ccccc2)C1c1cn(C)c2ccccc12. The number of rotatable bonds is 4. The van der Waals surface area contributed by atoms with Crippen LogP contribution in [0.2, 0.25) is 0 Å². The fourth-order valence-electron chi connectivity index (χ4n) is 5.08. The number of fused-ring (bicyclic) bond motifs is 1. The first-order valence-corrected chi connectivity index (χ1v) is 12.2. The number of hydrogen-bond acceptors (Lipinski definition) is 4. The van der Waals surface area contributed by atoms with E-state index in [1.165, 1.54) is 12.0 Å². The second-order valence-electron chi connectivity index (χ2n) is 10.4. The van der Waals surface area contributed by atoms with Crippen LogP contribution in [0, 0.1) is 0 Å². The van der Waals surface area contributed by atoms with Crippen molar-refractivity contribution in [2.75, 3.05) is 12.0 Å². The summed E-state index contributed by atoms with van der Waals surface area (Å²) in [6, 6.07) is 21.7. The average Bonchev–Trinajstić information content (AvgIpc) is 3.36. The van der Waals surface area contributed by atoms with Crippen LogP contribution >= 0.6 is 0 Å². The zero-order chi connectivity index (χ0) is 26.5. The molecule has 1 aliphatic rings. The molecular weight excluding hydrogens is 464 g/mol. The topological polar surface area (TPSA) is 71.8 Å². The molecule has 1 fully saturated rings. The summed E-state index contributed by atoms with van der Waals surface area (Å²) in [6.45, 7) is 6.22. The molecule has 0 saturated carbocycles. The summed E-state index contributed by atoms with van der Waals surface area (Å²) in [5.41, 5.74) is 3.48. The Morgan fingerprint density at radius 3 is 2.30 bits per heavy atom. The fourth-order valence-corrected chi connectivity index (χ4v) is 5.08. The van der Waals surface area contributed by atoms with E-state index in [4.69, 9.17) is 4.74 Å². The van der Waals surface area contributed by atoms with E-state index in [2.05, 4.69) is 20.8 Å². The highest BCUT2D eigenvalue weighted by Crippen LogP contribution is 2.45. The zero-order valence-electron chi connectivity index (χ0n) is 21.6. The number of ketones is 1. The summed E-state index contributed by atoms with van der Waals surface area (Å²) in [4.78, 5) is 28.7. The maximum Gasteiger partial charge on any atom is 0.300 e. The number of aliphatic hydroxyl groups excluding tert-OH is 1. The van der Waals surface area contributed by atoms with Gasteiger partial charge >= 0.3 is 0 Å². The maximum atomic E-state index is 13.7. The van der Waals surface area contributed by atoms with Gasteiger partial charge in [0.1, 0.15) is 11.5 Å². The Bertz CT molecular complexity index is 1560. The molecule has 4 aromatic rings.